The van der Waals surface area contributed by atoms with Gasteiger partial charge in [0, 0.05) is 33.3 Å². The first-order valence-electron chi connectivity index (χ1n) is 19.3. The Labute approximate surface area is 364 Å². The molecule has 4 aliphatic rings. The number of amides is 4. The number of imide groups is 2. The number of carbonyl (C=O) groups excluding carboxylic acids is 4. The molecular formula is C45H29Cl3F3N5O6. The fourth-order valence-corrected chi connectivity index (χ4v) is 10.4. The highest BCUT2D eigenvalue weighted by atomic mass is 35.5. The number of pyridine rings is 1. The Hall–Kier alpha value is -6.22. The number of benzene rings is 4. The normalized spacial score (nSPS) is 24.6. The lowest BCUT2D eigenvalue weighted by Gasteiger charge is -2.50. The zero-order chi connectivity index (χ0) is 43.4. The van der Waals surface area contributed by atoms with Crippen molar-refractivity contribution in [2.75, 3.05) is 10.3 Å². The Balaban J connectivity index is 1.08. The molecule has 0 bridgehead atoms. The summed E-state index contributed by atoms with van der Waals surface area (Å²) in [6, 6.07) is 25.1. The first-order valence-corrected chi connectivity index (χ1v) is 20.5. The number of alkyl halides is 3. The Bertz CT molecular complexity index is 2890. The summed E-state index contributed by atoms with van der Waals surface area (Å²) in [5.74, 6) is -7.98. The Kier molecular flexibility index (Phi) is 9.28. The zero-order valence-corrected chi connectivity index (χ0v) is 34.0. The van der Waals surface area contributed by atoms with Crippen LogP contribution in [0.25, 0.3) is 22.6 Å². The highest BCUT2D eigenvalue weighted by Gasteiger charge is 2.71. The van der Waals surface area contributed by atoms with Crippen LogP contribution in [-0.4, -0.2) is 43.7 Å². The highest BCUT2D eigenvalue weighted by Crippen LogP contribution is 2.65. The number of nitrogens with one attached hydrogen (secondary N) is 1. The number of hydrogen-bond donors (Lipinski definition) is 2. The summed E-state index contributed by atoms with van der Waals surface area (Å²) < 4.78 is 46.6. The van der Waals surface area contributed by atoms with Crippen LogP contribution in [-0.2, 0) is 30.8 Å². The summed E-state index contributed by atoms with van der Waals surface area (Å²) in [5, 5.41) is 12.3. The van der Waals surface area contributed by atoms with Crippen LogP contribution >= 0.6 is 34.8 Å². The standard InChI is InChI=1S/C45H29Cl3F3N5O6/c46-24-9-7-22(8-10-24)44-31(41(59)56(43(44)61)54-38-32(48)17-23(20-52-38)45(49,50)51)19-29-27(37(44)30-18-25(47)11-16-34(30)57)14-15-28-36(29)42(60)55(40(28)58)26-12-5-21(6-13-26)39-53-33-3-1-2-4-35(33)62-39/h1-14,16-18,20,28-29,31,36-37,57H,15,19H2,(H,52,54)/t28-,29+,31-,36-,37+,44+/m0/s1. The number of fused-ring (bicyclic) bond motifs is 5. The predicted octanol–water partition coefficient (Wildman–Crippen LogP) is 9.76. The van der Waals surface area contributed by atoms with Gasteiger partial charge in [-0.05, 0) is 97.1 Å². The van der Waals surface area contributed by atoms with Crippen molar-refractivity contribution in [2.24, 2.45) is 23.7 Å². The van der Waals surface area contributed by atoms with Crippen LogP contribution in [0.1, 0.15) is 35.4 Å². The molecule has 10 rings (SSSR count). The first kappa shape index (κ1) is 39.9. The molecule has 4 aromatic carbocycles. The van der Waals surface area contributed by atoms with Crippen LogP contribution in [0.2, 0.25) is 15.1 Å². The van der Waals surface area contributed by atoms with Crippen LogP contribution in [0.15, 0.2) is 119 Å². The number of anilines is 2. The summed E-state index contributed by atoms with van der Waals surface area (Å²) >= 11 is 19.2. The number of aromatic hydroxyl groups is 1. The Morgan fingerprint density at radius 2 is 1.56 bits per heavy atom. The topological polar surface area (TPSA) is 146 Å². The van der Waals surface area contributed by atoms with Crippen molar-refractivity contribution in [3.63, 3.8) is 0 Å². The van der Waals surface area contributed by atoms with Crippen LogP contribution in [0, 0.1) is 23.7 Å². The van der Waals surface area contributed by atoms with E-state index in [1.54, 1.807) is 60.7 Å². The molecule has 6 aromatic rings. The van der Waals surface area contributed by atoms with Gasteiger partial charge in [0.15, 0.2) is 11.4 Å². The van der Waals surface area contributed by atoms with E-state index in [0.29, 0.717) is 61.7 Å². The molecule has 2 aromatic heterocycles. The number of allylic oxidation sites excluding steroid dienone is 2. The summed E-state index contributed by atoms with van der Waals surface area (Å²) in [7, 11) is 0. The van der Waals surface area contributed by atoms with Crippen LogP contribution in [0.5, 0.6) is 5.75 Å². The third kappa shape index (κ3) is 6.02. The van der Waals surface area contributed by atoms with Gasteiger partial charge in [0.25, 0.3) is 11.8 Å². The number of phenolic OH excluding ortho intramolecular Hbond substituents is 1. The lowest BCUT2D eigenvalue weighted by Crippen LogP contribution is -2.53. The maximum absolute atomic E-state index is 15.4. The molecule has 312 valence electrons. The van der Waals surface area contributed by atoms with E-state index in [-0.39, 0.29) is 29.2 Å². The largest absolute Gasteiger partial charge is 0.508 e. The lowest BCUT2D eigenvalue weighted by atomic mass is 9.49. The predicted molar refractivity (Wildman–Crippen MR) is 222 cm³/mol. The van der Waals surface area contributed by atoms with Gasteiger partial charge in [-0.3, -0.25) is 29.5 Å². The van der Waals surface area contributed by atoms with Crippen molar-refractivity contribution < 1.29 is 41.9 Å². The average Bonchev–Trinajstić information content (AvgIpc) is 3.87. The van der Waals surface area contributed by atoms with Crippen molar-refractivity contribution in [3.05, 3.63) is 147 Å². The average molecular weight is 899 g/mol. The molecule has 17 heteroatoms. The first-order chi connectivity index (χ1) is 29.7. The second kappa shape index (κ2) is 14.4. The molecule has 3 fully saturated rings. The molecule has 2 aliphatic carbocycles. The molecule has 4 amide bonds. The van der Waals surface area contributed by atoms with E-state index in [1.807, 2.05) is 18.2 Å². The molecule has 4 heterocycles. The SMILES string of the molecule is O=C1[C@@H]2C[C@@H]3C(=CC[C@@H]4C(=O)N(c5ccc(-c6nc7ccccc7o6)cc5)C(=O)[C@@H]43)[C@H](c3cc(Cl)ccc3O)[C@]2(c2ccc(Cl)cc2)C(=O)N1Nc1ncc(C(F)(F)F)cc1Cl. The number of phenols is 1. The molecule has 2 saturated heterocycles. The molecule has 2 N–H and O–H groups in total. The maximum atomic E-state index is 15.4. The monoisotopic (exact) mass is 897 g/mol. The van der Waals surface area contributed by atoms with E-state index in [9.17, 15) is 32.7 Å². The van der Waals surface area contributed by atoms with Crippen LogP contribution in [0.3, 0.4) is 0 Å². The van der Waals surface area contributed by atoms with Crippen molar-refractivity contribution >= 4 is 81.0 Å². The van der Waals surface area contributed by atoms with Gasteiger partial charge in [0.2, 0.25) is 17.7 Å². The smallest absolute Gasteiger partial charge is 0.417 e. The van der Waals surface area contributed by atoms with E-state index in [0.717, 1.165) is 4.90 Å². The van der Waals surface area contributed by atoms with Gasteiger partial charge in [0.1, 0.15) is 11.3 Å². The molecule has 0 radical (unpaired) electrons. The molecule has 2 aliphatic heterocycles. The van der Waals surface area contributed by atoms with Gasteiger partial charge in [0.05, 0.1) is 39.4 Å². The molecule has 0 unspecified atom stereocenters. The summed E-state index contributed by atoms with van der Waals surface area (Å²) in [6.45, 7) is 0. The highest BCUT2D eigenvalue weighted by molar-refractivity contribution is 6.33. The molecule has 11 nitrogen and oxygen atoms in total. The number of hydrogen-bond acceptors (Lipinski definition) is 9. The number of hydrazine groups is 1. The number of para-hydroxylation sites is 2. The minimum Gasteiger partial charge on any atom is -0.508 e. The number of aromatic nitrogens is 2. The van der Waals surface area contributed by atoms with Crippen LogP contribution < -0.4 is 10.3 Å². The second-order valence-electron chi connectivity index (χ2n) is 15.7. The number of nitrogens with zero attached hydrogens (tertiary/aromatic N) is 4. The molecular weight excluding hydrogens is 870 g/mol. The third-order valence-corrected chi connectivity index (χ3v) is 13.3. The van der Waals surface area contributed by atoms with Crippen molar-refractivity contribution in [2.45, 2.75) is 30.4 Å². The summed E-state index contributed by atoms with van der Waals surface area (Å²) in [6.07, 6.45) is -2.48. The fourth-order valence-electron chi connectivity index (χ4n) is 9.89. The molecule has 6 atom stereocenters. The van der Waals surface area contributed by atoms with Crippen molar-refractivity contribution in [1.29, 1.82) is 0 Å². The van der Waals surface area contributed by atoms with Gasteiger partial charge >= 0.3 is 6.18 Å². The quantitative estimate of drug-likeness (QED) is 0.123. The second-order valence-corrected chi connectivity index (χ2v) is 16.9. The number of halogens is 6. The fraction of sp³-hybridized carbons (Fsp3) is 0.200. The van der Waals surface area contributed by atoms with E-state index >= 15 is 4.79 Å². The molecule has 0 spiro atoms. The minimum atomic E-state index is -4.78. The van der Waals surface area contributed by atoms with Gasteiger partial charge in [-0.25, -0.2) is 9.97 Å². The lowest BCUT2D eigenvalue weighted by molar-refractivity contribution is -0.139. The van der Waals surface area contributed by atoms with E-state index in [4.69, 9.17) is 39.2 Å². The van der Waals surface area contributed by atoms with Gasteiger partial charge in [-0.15, -0.1) is 0 Å². The van der Waals surface area contributed by atoms with E-state index in [1.165, 1.54) is 18.2 Å². The maximum Gasteiger partial charge on any atom is 0.417 e. The van der Waals surface area contributed by atoms with E-state index < -0.39 is 81.2 Å². The summed E-state index contributed by atoms with van der Waals surface area (Å²) in [5.41, 5.74) is 2.80. The third-order valence-electron chi connectivity index (χ3n) is 12.5. The van der Waals surface area contributed by atoms with E-state index in [2.05, 4.69) is 15.4 Å². The van der Waals surface area contributed by atoms with Gasteiger partial charge < -0.3 is 9.52 Å². The van der Waals surface area contributed by atoms with Crippen LogP contribution in [0.4, 0.5) is 24.7 Å². The van der Waals surface area contributed by atoms with Gasteiger partial charge in [-0.2, -0.15) is 18.2 Å². The van der Waals surface area contributed by atoms with Crippen molar-refractivity contribution in [1.82, 2.24) is 15.0 Å². The summed E-state index contributed by atoms with van der Waals surface area (Å²) in [4.78, 5) is 69.0. The van der Waals surface area contributed by atoms with Gasteiger partial charge in [-0.1, -0.05) is 70.7 Å². The molecule has 62 heavy (non-hydrogen) atoms. The van der Waals surface area contributed by atoms with Crippen molar-refractivity contribution in [3.8, 4) is 17.2 Å². The number of carbonyl (C=O) groups is 4. The Morgan fingerprint density at radius 3 is 2.27 bits per heavy atom. The number of oxazole rings is 1. The number of rotatable bonds is 6. The molecule has 1 saturated carbocycles. The zero-order valence-electron chi connectivity index (χ0n) is 31.7. The Morgan fingerprint density at radius 1 is 0.839 bits per heavy atom. The minimum absolute atomic E-state index is 0.0902.